The molecule has 2 aliphatic rings. The van der Waals surface area contributed by atoms with Crippen molar-refractivity contribution in [2.45, 2.75) is 72.1 Å². The lowest BCUT2D eigenvalue weighted by atomic mass is 9.83. The Balaban J connectivity index is 0.000000561. The van der Waals surface area contributed by atoms with Crippen LogP contribution < -0.4 is 0 Å². The van der Waals surface area contributed by atoms with Crippen molar-refractivity contribution in [3.05, 3.63) is 12.1 Å². The molecule has 4 nitrogen and oxygen atoms in total. The van der Waals surface area contributed by atoms with Crippen molar-refractivity contribution in [2.24, 2.45) is 17.7 Å². The lowest BCUT2D eigenvalue weighted by Gasteiger charge is -2.24. The van der Waals surface area contributed by atoms with Gasteiger partial charge in [-0.25, -0.2) is 0 Å². The smallest absolute Gasteiger partial charge is 0.308 e. The zero-order valence-electron chi connectivity index (χ0n) is 22.9. The molecule has 0 aromatic heterocycles. The molecule has 0 radical (unpaired) electrons. The second-order valence-electron chi connectivity index (χ2n) is 6.26. The molecule has 4 heteroatoms. The molecule has 0 saturated heterocycles. The predicted molar refractivity (Wildman–Crippen MR) is 97.6 cm³/mol. The van der Waals surface area contributed by atoms with Gasteiger partial charge in [-0.3, -0.25) is 9.59 Å². The van der Waals surface area contributed by atoms with Crippen molar-refractivity contribution in [1.82, 2.24) is 0 Å². The lowest BCUT2D eigenvalue weighted by Crippen LogP contribution is -2.22. The van der Waals surface area contributed by atoms with Gasteiger partial charge in [0.15, 0.2) is 0 Å². The van der Waals surface area contributed by atoms with Gasteiger partial charge in [0.2, 0.25) is 0 Å². The first-order valence-electron chi connectivity index (χ1n) is 12.9. The summed E-state index contributed by atoms with van der Waals surface area (Å²) in [6.07, 6.45) is 4.24. The highest BCUT2D eigenvalue weighted by atomic mass is 16.5. The number of carbonyl (C=O) groups is 2. The molecule has 0 unspecified atom stereocenters. The second kappa shape index (κ2) is 11.3. The van der Waals surface area contributed by atoms with Crippen LogP contribution >= 0.6 is 0 Å². The van der Waals surface area contributed by atoms with Crippen molar-refractivity contribution in [1.29, 1.82) is 0 Å². The number of ether oxygens (including phenoxy) is 2. The first-order valence-corrected chi connectivity index (χ1v) is 8.93. The van der Waals surface area contributed by atoms with Crippen LogP contribution in [0.25, 0.3) is 0 Å². The van der Waals surface area contributed by atoms with Gasteiger partial charge in [0.05, 0.1) is 27.8 Å². The Labute approximate surface area is 158 Å². The average Bonchev–Trinajstić information content (AvgIpc) is 2.76. The Morgan fingerprint density at radius 1 is 1.12 bits per heavy atom. The van der Waals surface area contributed by atoms with E-state index in [0.717, 1.165) is 18.4 Å². The fraction of sp³-hybridized carbons (Fsp3) is 0.800. The maximum atomic E-state index is 11.4. The zero-order chi connectivity index (χ0) is 24.9. The van der Waals surface area contributed by atoms with E-state index in [1.54, 1.807) is 13.8 Å². The summed E-state index contributed by atoms with van der Waals surface area (Å²) in [6.45, 7) is 2.00. The van der Waals surface area contributed by atoms with Gasteiger partial charge in [-0.1, -0.05) is 19.0 Å². The molecule has 0 N–H and O–H groups in total. The minimum Gasteiger partial charge on any atom is -0.466 e. The minimum absolute atomic E-state index is 0.0157. The molecule has 0 atom stereocenters. The summed E-state index contributed by atoms with van der Waals surface area (Å²) in [5, 5.41) is 0. The van der Waals surface area contributed by atoms with E-state index < -0.39 is 12.7 Å². The summed E-state index contributed by atoms with van der Waals surface area (Å²) in [7, 11) is 0. The number of carbonyl (C=O) groups excluding carboxylic acids is 2. The van der Waals surface area contributed by atoms with Gasteiger partial charge in [-0.2, -0.15) is 0 Å². The molecule has 2 aliphatic carbocycles. The van der Waals surface area contributed by atoms with Crippen molar-refractivity contribution in [3.8, 4) is 0 Å². The summed E-state index contributed by atoms with van der Waals surface area (Å²) >= 11 is 0. The van der Waals surface area contributed by atoms with E-state index >= 15 is 0 Å². The standard InChI is InChI=1S/C10H18O2.C10H16O2.H2/c2*1-3-12-10(11)9-6-4-8(2)5-7-9;/h8-9H,3-7H2,1-2H3;9H,2-7H2,1H3;1H/i2D3,8D;2D2;1+1D. The van der Waals surface area contributed by atoms with Gasteiger partial charge in [-0.05, 0) is 71.1 Å². The number of esters is 2. The van der Waals surface area contributed by atoms with Gasteiger partial charge < -0.3 is 9.47 Å². The third-order valence-electron chi connectivity index (χ3n) is 4.42. The van der Waals surface area contributed by atoms with E-state index in [0.29, 0.717) is 38.9 Å². The molecule has 2 rings (SSSR count). The minimum atomic E-state index is -2.26. The molecular weight excluding hydrogens is 304 g/mol. The Morgan fingerprint density at radius 3 is 2.04 bits per heavy atom. The lowest BCUT2D eigenvalue weighted by molar-refractivity contribution is -0.150. The summed E-state index contributed by atoms with van der Waals surface area (Å²) in [5.41, 5.74) is 0.866. The molecule has 0 heterocycles. The van der Waals surface area contributed by atoms with Crippen LogP contribution in [0.4, 0.5) is 0 Å². The molecule has 2 saturated carbocycles. The van der Waals surface area contributed by atoms with Crippen LogP contribution in [-0.4, -0.2) is 25.2 Å². The SMILES string of the molecule is [2H]C([2H])([2H])C1([2H])CCC(C(=O)OCC)CC1.[2H]C([2H])=C1CCC(C(=O)OCC)CC1.[2H][2H]. The van der Waals surface area contributed by atoms with Crippen LogP contribution in [0, 0.1) is 17.7 Å². The van der Waals surface area contributed by atoms with Gasteiger partial charge in [0, 0.05) is 8.45 Å². The van der Waals surface area contributed by atoms with Crippen molar-refractivity contribution in [2.75, 3.05) is 13.2 Å². The quantitative estimate of drug-likeness (QED) is 0.534. The van der Waals surface area contributed by atoms with E-state index in [4.69, 9.17) is 20.7 Å². The van der Waals surface area contributed by atoms with Gasteiger partial charge in [-0.15, -0.1) is 0 Å². The van der Waals surface area contributed by atoms with E-state index in [1.807, 2.05) is 0 Å². The van der Waals surface area contributed by atoms with E-state index in [9.17, 15) is 9.59 Å². The Bertz CT molecular complexity index is 599. The summed E-state index contributed by atoms with van der Waals surface area (Å²) in [5.74, 6) is -1.99. The normalized spacial score (nSPS) is 31.9. The van der Waals surface area contributed by atoms with Crippen LogP contribution in [0.1, 0.15) is 83.3 Å². The highest BCUT2D eigenvalue weighted by Crippen LogP contribution is 2.29. The number of hydrogen-bond donors (Lipinski definition) is 0. The molecule has 140 valence electrons. The Morgan fingerprint density at radius 2 is 1.62 bits per heavy atom. The van der Waals surface area contributed by atoms with E-state index in [2.05, 4.69) is 0 Å². The summed E-state index contributed by atoms with van der Waals surface area (Å²) in [4.78, 5) is 22.8. The number of allylic oxidation sites excluding steroid dienone is 1. The van der Waals surface area contributed by atoms with Crippen molar-refractivity contribution >= 4 is 11.9 Å². The van der Waals surface area contributed by atoms with E-state index in [-0.39, 0.29) is 43.1 Å². The highest BCUT2D eigenvalue weighted by Gasteiger charge is 2.25. The molecule has 0 amide bonds. The summed E-state index contributed by atoms with van der Waals surface area (Å²) < 4.78 is 63.9. The van der Waals surface area contributed by atoms with Gasteiger partial charge >= 0.3 is 11.9 Å². The molecule has 2 fully saturated rings. The molecule has 0 aromatic carbocycles. The van der Waals surface area contributed by atoms with Gasteiger partial charge in [0.1, 0.15) is 0 Å². The third kappa shape index (κ3) is 7.50. The predicted octanol–water partition coefficient (Wildman–Crippen LogP) is 4.92. The first-order chi connectivity index (χ1) is 14.9. The van der Waals surface area contributed by atoms with Crippen LogP contribution in [0.3, 0.4) is 0 Å². The number of hydrogen-bond acceptors (Lipinski definition) is 4. The Hall–Kier alpha value is -1.32. The fourth-order valence-electron chi connectivity index (χ4n) is 2.92. The molecule has 0 spiro atoms. The number of rotatable bonds is 4. The molecule has 0 aliphatic heterocycles. The molecule has 0 bridgehead atoms. The zero-order valence-corrected chi connectivity index (χ0v) is 14.9. The molecule has 24 heavy (non-hydrogen) atoms. The van der Waals surface area contributed by atoms with Crippen LogP contribution in [0.2, 0.25) is 0 Å². The highest BCUT2D eigenvalue weighted by molar-refractivity contribution is 5.72. The fourth-order valence-corrected chi connectivity index (χ4v) is 2.92. The average molecular weight is 349 g/mol. The van der Waals surface area contributed by atoms with E-state index in [1.165, 1.54) is 0 Å². The molecule has 0 aromatic rings. The first kappa shape index (κ1) is 12.1. The largest absolute Gasteiger partial charge is 0.466 e. The summed E-state index contributed by atoms with van der Waals surface area (Å²) in [6, 6.07) is 0. The third-order valence-corrected chi connectivity index (χ3v) is 4.42. The van der Waals surface area contributed by atoms with Crippen molar-refractivity contribution < 1.29 is 30.3 Å². The maximum absolute atomic E-state index is 11.4. The van der Waals surface area contributed by atoms with Crippen LogP contribution in [0.15, 0.2) is 12.1 Å². The second-order valence-corrected chi connectivity index (χ2v) is 6.26. The maximum Gasteiger partial charge on any atom is 0.308 e. The van der Waals surface area contributed by atoms with Crippen molar-refractivity contribution in [3.63, 3.8) is 0 Å². The monoisotopic (exact) mass is 348 g/mol. The topological polar surface area (TPSA) is 52.6 Å². The molecular formula is C20H36O4. The Kier molecular flexibility index (Phi) is 5.68. The van der Waals surface area contributed by atoms with Gasteiger partial charge in [0.25, 0.3) is 0 Å². The van der Waals surface area contributed by atoms with Crippen LogP contribution in [-0.2, 0) is 19.1 Å². The van der Waals surface area contributed by atoms with Crippen LogP contribution in [0.5, 0.6) is 0 Å².